The minimum Gasteiger partial charge on any atom is -0.508 e. The van der Waals surface area contributed by atoms with Gasteiger partial charge in [0.2, 0.25) is 0 Å². The van der Waals surface area contributed by atoms with Crippen LogP contribution in [0.25, 0.3) is 0 Å². The number of phenols is 1. The number of benzene rings is 1. The Bertz CT molecular complexity index is 662. The van der Waals surface area contributed by atoms with Crippen LogP contribution in [-0.2, 0) is 9.53 Å². The molecular formula is C22H33NO3. The smallest absolute Gasteiger partial charge is 0.324 e. The highest BCUT2D eigenvalue weighted by molar-refractivity contribution is 5.76. The van der Waals surface area contributed by atoms with E-state index in [4.69, 9.17) is 4.74 Å². The van der Waals surface area contributed by atoms with Crippen molar-refractivity contribution in [2.75, 3.05) is 0 Å². The lowest BCUT2D eigenvalue weighted by Gasteiger charge is -2.26. The van der Waals surface area contributed by atoms with Crippen molar-refractivity contribution in [1.29, 1.82) is 0 Å². The zero-order valence-electron chi connectivity index (χ0n) is 17.1. The third kappa shape index (κ3) is 7.49. The molecule has 2 N–H and O–H groups in total. The molecule has 1 aromatic carbocycles. The first-order valence-corrected chi connectivity index (χ1v) is 9.22. The van der Waals surface area contributed by atoms with Crippen LogP contribution in [0.2, 0.25) is 0 Å². The Balaban J connectivity index is 2.96. The third-order valence-electron chi connectivity index (χ3n) is 4.16. The minimum absolute atomic E-state index is 0.0816. The van der Waals surface area contributed by atoms with E-state index in [1.165, 1.54) is 0 Å². The topological polar surface area (TPSA) is 58.6 Å². The molecule has 0 saturated heterocycles. The highest BCUT2D eigenvalue weighted by Gasteiger charge is 2.26. The number of carbonyl (C=O) groups excluding carboxylic acids is 1. The molecule has 0 saturated carbocycles. The molecule has 0 heterocycles. The Kier molecular flexibility index (Phi) is 7.71. The molecule has 0 spiro atoms. The van der Waals surface area contributed by atoms with Crippen LogP contribution in [0.1, 0.15) is 72.9 Å². The first-order chi connectivity index (χ1) is 11.9. The summed E-state index contributed by atoms with van der Waals surface area (Å²) in [5.41, 5.74) is 0.0930. The van der Waals surface area contributed by atoms with Crippen LogP contribution >= 0.6 is 0 Å². The van der Waals surface area contributed by atoms with E-state index in [1.54, 1.807) is 12.1 Å². The van der Waals surface area contributed by atoms with Crippen molar-refractivity contribution < 1.29 is 14.6 Å². The van der Waals surface area contributed by atoms with Gasteiger partial charge in [0.1, 0.15) is 17.4 Å². The Morgan fingerprint density at radius 2 is 1.85 bits per heavy atom. The van der Waals surface area contributed by atoms with E-state index < -0.39 is 11.6 Å². The number of aromatic hydroxyl groups is 1. The summed E-state index contributed by atoms with van der Waals surface area (Å²) in [6.07, 6.45) is 1.30. The number of ether oxygens (including phenoxy) is 1. The van der Waals surface area contributed by atoms with Crippen LogP contribution in [0.3, 0.4) is 0 Å². The second-order valence-corrected chi connectivity index (χ2v) is 8.28. The van der Waals surface area contributed by atoms with Gasteiger partial charge >= 0.3 is 5.97 Å². The summed E-state index contributed by atoms with van der Waals surface area (Å²) >= 11 is 0. The van der Waals surface area contributed by atoms with E-state index in [2.05, 4.69) is 37.9 Å². The van der Waals surface area contributed by atoms with E-state index in [0.29, 0.717) is 6.42 Å². The molecule has 1 rings (SSSR count). The second kappa shape index (κ2) is 9.09. The number of esters is 1. The molecule has 144 valence electrons. The Labute approximate surface area is 158 Å². The molecule has 0 aliphatic rings. The monoisotopic (exact) mass is 359 g/mol. The van der Waals surface area contributed by atoms with Crippen molar-refractivity contribution in [3.05, 3.63) is 29.8 Å². The van der Waals surface area contributed by atoms with Crippen molar-refractivity contribution in [2.45, 2.75) is 79.0 Å². The van der Waals surface area contributed by atoms with Gasteiger partial charge in [0.15, 0.2) is 0 Å². The van der Waals surface area contributed by atoms with Gasteiger partial charge in [-0.25, -0.2) is 0 Å². The van der Waals surface area contributed by atoms with E-state index >= 15 is 0 Å². The molecule has 0 aliphatic heterocycles. The molecule has 2 unspecified atom stereocenters. The lowest BCUT2D eigenvalue weighted by molar-refractivity contribution is -0.157. The van der Waals surface area contributed by atoms with Crippen molar-refractivity contribution >= 4 is 5.97 Å². The number of carbonyl (C=O) groups is 1. The maximum atomic E-state index is 12.6. The summed E-state index contributed by atoms with van der Waals surface area (Å²) in [5.74, 6) is 6.25. The number of rotatable bonds is 6. The van der Waals surface area contributed by atoms with Gasteiger partial charge in [0.25, 0.3) is 0 Å². The maximum absolute atomic E-state index is 12.6. The number of nitrogens with one attached hydrogen (secondary N) is 1. The summed E-state index contributed by atoms with van der Waals surface area (Å²) < 4.78 is 5.54. The van der Waals surface area contributed by atoms with Crippen LogP contribution in [0, 0.1) is 17.3 Å². The number of para-hydroxylation sites is 1. The largest absolute Gasteiger partial charge is 0.508 e. The van der Waals surface area contributed by atoms with E-state index in [9.17, 15) is 9.90 Å². The fourth-order valence-corrected chi connectivity index (χ4v) is 2.31. The molecule has 4 heteroatoms. The highest BCUT2D eigenvalue weighted by atomic mass is 16.6. The summed E-state index contributed by atoms with van der Waals surface area (Å²) in [5, 5.41) is 13.3. The standard InChI is InChI=1S/C22H33NO3/c1-8-22(6,7)15-11-13-18(20(25)26-21(3,4)5)23-16(2)17-12-9-10-14-19(17)24/h9-10,12,14,16,18,23-24H,8,13H2,1-7H3. The molecule has 0 fully saturated rings. The fraction of sp³-hybridized carbons (Fsp3) is 0.591. The third-order valence-corrected chi connectivity index (χ3v) is 4.16. The van der Waals surface area contributed by atoms with Crippen LogP contribution in [-0.4, -0.2) is 22.7 Å². The van der Waals surface area contributed by atoms with Gasteiger partial charge in [0.05, 0.1) is 0 Å². The van der Waals surface area contributed by atoms with E-state index in [1.807, 2.05) is 39.8 Å². The Morgan fingerprint density at radius 1 is 1.23 bits per heavy atom. The summed E-state index contributed by atoms with van der Waals surface area (Å²) in [4.78, 5) is 12.6. The number of phenolic OH excluding ortho intramolecular Hbond substituents is 1. The Morgan fingerprint density at radius 3 is 2.38 bits per heavy atom. The summed E-state index contributed by atoms with van der Waals surface area (Å²) in [6, 6.07) is 6.33. The number of hydrogen-bond donors (Lipinski definition) is 2. The first kappa shape index (κ1) is 22.1. The van der Waals surface area contributed by atoms with Crippen LogP contribution in [0.4, 0.5) is 0 Å². The van der Waals surface area contributed by atoms with Gasteiger partial charge in [-0.15, -0.1) is 5.92 Å². The van der Waals surface area contributed by atoms with E-state index in [0.717, 1.165) is 12.0 Å². The van der Waals surface area contributed by atoms with Crippen molar-refractivity contribution in [2.24, 2.45) is 5.41 Å². The average molecular weight is 360 g/mol. The average Bonchev–Trinajstić information content (AvgIpc) is 2.52. The molecule has 0 radical (unpaired) electrons. The van der Waals surface area contributed by atoms with Gasteiger partial charge in [-0.05, 0) is 54.0 Å². The van der Waals surface area contributed by atoms with Crippen molar-refractivity contribution in [3.63, 3.8) is 0 Å². The van der Waals surface area contributed by atoms with Gasteiger partial charge in [-0.3, -0.25) is 10.1 Å². The molecule has 0 aromatic heterocycles. The summed E-state index contributed by atoms with van der Waals surface area (Å²) in [6.45, 7) is 13.7. The molecule has 0 bridgehead atoms. The SMILES string of the molecule is CCC(C)(C)C#CCC(NC(C)c1ccccc1O)C(=O)OC(C)(C)C. The predicted octanol–water partition coefficient (Wildman–Crippen LogP) is 4.58. The van der Waals surface area contributed by atoms with Crippen LogP contribution in [0.15, 0.2) is 24.3 Å². The quantitative estimate of drug-likeness (QED) is 0.576. The molecule has 26 heavy (non-hydrogen) atoms. The van der Waals surface area contributed by atoms with Crippen LogP contribution < -0.4 is 5.32 Å². The lowest BCUT2D eigenvalue weighted by Crippen LogP contribution is -2.42. The van der Waals surface area contributed by atoms with Gasteiger partial charge in [-0.1, -0.05) is 31.0 Å². The van der Waals surface area contributed by atoms with Gasteiger partial charge in [-0.2, -0.15) is 0 Å². The molecule has 4 nitrogen and oxygen atoms in total. The van der Waals surface area contributed by atoms with E-state index in [-0.39, 0.29) is 23.2 Å². The van der Waals surface area contributed by atoms with Gasteiger partial charge in [0, 0.05) is 23.4 Å². The highest BCUT2D eigenvalue weighted by Crippen LogP contribution is 2.24. The van der Waals surface area contributed by atoms with Crippen molar-refractivity contribution in [3.8, 4) is 17.6 Å². The lowest BCUT2D eigenvalue weighted by atomic mass is 9.91. The zero-order valence-corrected chi connectivity index (χ0v) is 17.1. The minimum atomic E-state index is -0.566. The fourth-order valence-electron chi connectivity index (χ4n) is 2.31. The van der Waals surface area contributed by atoms with Gasteiger partial charge < -0.3 is 9.84 Å². The van der Waals surface area contributed by atoms with Crippen LogP contribution in [0.5, 0.6) is 5.75 Å². The molecule has 0 amide bonds. The molecule has 2 atom stereocenters. The van der Waals surface area contributed by atoms with Crippen molar-refractivity contribution in [1.82, 2.24) is 5.32 Å². The first-order valence-electron chi connectivity index (χ1n) is 9.22. The Hall–Kier alpha value is -1.99. The molecular weight excluding hydrogens is 326 g/mol. The predicted molar refractivity (Wildman–Crippen MR) is 106 cm³/mol. The number of hydrogen-bond acceptors (Lipinski definition) is 4. The zero-order chi connectivity index (χ0) is 20.0. The second-order valence-electron chi connectivity index (χ2n) is 8.28. The molecule has 1 aromatic rings. The molecule has 0 aliphatic carbocycles. The summed E-state index contributed by atoms with van der Waals surface area (Å²) in [7, 11) is 0. The maximum Gasteiger partial charge on any atom is 0.324 e. The normalized spacial score (nSPS) is 14.1.